The number of amides is 1. The minimum absolute atomic E-state index is 0.0444. The summed E-state index contributed by atoms with van der Waals surface area (Å²) in [6, 6.07) is 13.7. The van der Waals surface area contributed by atoms with Crippen molar-refractivity contribution in [1.82, 2.24) is 10.3 Å². The molecule has 158 valence electrons. The first kappa shape index (κ1) is 21.8. The van der Waals surface area contributed by atoms with Crippen molar-refractivity contribution >= 4 is 27.1 Å². The Labute approximate surface area is 179 Å². The normalized spacial score (nSPS) is 11.1. The summed E-state index contributed by atoms with van der Waals surface area (Å²) in [6.07, 6.45) is 0.0785. The number of rotatable bonds is 9. The second-order valence-electron chi connectivity index (χ2n) is 6.37. The number of thiazole rings is 1. The molecule has 0 aliphatic carbocycles. The van der Waals surface area contributed by atoms with E-state index in [9.17, 15) is 13.2 Å². The zero-order valence-corrected chi connectivity index (χ0v) is 18.3. The number of ether oxygens (including phenoxy) is 2. The van der Waals surface area contributed by atoms with E-state index in [1.807, 2.05) is 17.5 Å². The number of benzene rings is 2. The van der Waals surface area contributed by atoms with Crippen LogP contribution in [0.5, 0.6) is 11.5 Å². The third kappa shape index (κ3) is 5.37. The predicted molar refractivity (Wildman–Crippen MR) is 116 cm³/mol. The summed E-state index contributed by atoms with van der Waals surface area (Å²) in [7, 11) is -0.285. The van der Waals surface area contributed by atoms with Crippen LogP contribution in [0.15, 0.2) is 58.8 Å². The van der Waals surface area contributed by atoms with Gasteiger partial charge >= 0.3 is 0 Å². The van der Waals surface area contributed by atoms with Gasteiger partial charge in [-0.1, -0.05) is 18.2 Å². The summed E-state index contributed by atoms with van der Waals surface area (Å²) < 4.78 is 35.0. The highest BCUT2D eigenvalue weighted by Gasteiger charge is 2.15. The Hall–Kier alpha value is -2.91. The van der Waals surface area contributed by atoms with Crippen LogP contribution in [0.4, 0.5) is 0 Å². The SMILES string of the molecule is COc1ccc(-c2nc(CC(=O)NCCS(=O)(=O)c3ccccc3)cs2)cc1OC. The molecule has 0 saturated carbocycles. The summed E-state index contributed by atoms with van der Waals surface area (Å²) in [5.74, 6) is 0.797. The third-order valence-corrected chi connectivity index (χ3v) is 6.99. The average molecular weight is 447 g/mol. The summed E-state index contributed by atoms with van der Waals surface area (Å²) in [5.41, 5.74) is 1.48. The van der Waals surface area contributed by atoms with Gasteiger partial charge in [-0.3, -0.25) is 4.79 Å². The van der Waals surface area contributed by atoms with E-state index in [-0.39, 0.29) is 29.5 Å². The van der Waals surface area contributed by atoms with Crippen molar-refractivity contribution in [2.75, 3.05) is 26.5 Å². The van der Waals surface area contributed by atoms with E-state index in [1.54, 1.807) is 50.6 Å². The molecule has 1 N–H and O–H groups in total. The van der Waals surface area contributed by atoms with Crippen molar-refractivity contribution in [3.63, 3.8) is 0 Å². The molecular weight excluding hydrogens is 424 g/mol. The first-order valence-electron chi connectivity index (χ1n) is 9.14. The number of hydrogen-bond donors (Lipinski definition) is 1. The minimum Gasteiger partial charge on any atom is -0.493 e. The first-order valence-corrected chi connectivity index (χ1v) is 11.7. The van der Waals surface area contributed by atoms with Crippen molar-refractivity contribution in [3.05, 3.63) is 59.6 Å². The van der Waals surface area contributed by atoms with E-state index in [0.717, 1.165) is 10.6 Å². The molecule has 1 amide bonds. The second kappa shape index (κ2) is 9.73. The van der Waals surface area contributed by atoms with E-state index in [0.29, 0.717) is 17.2 Å². The first-order chi connectivity index (χ1) is 14.4. The maximum Gasteiger partial charge on any atom is 0.226 e. The number of aromatic nitrogens is 1. The van der Waals surface area contributed by atoms with Gasteiger partial charge in [0, 0.05) is 17.5 Å². The molecule has 0 atom stereocenters. The monoisotopic (exact) mass is 446 g/mol. The lowest BCUT2D eigenvalue weighted by Gasteiger charge is -2.08. The van der Waals surface area contributed by atoms with E-state index in [2.05, 4.69) is 10.3 Å². The summed E-state index contributed by atoms with van der Waals surface area (Å²) in [6.45, 7) is 0.0444. The standard InChI is InChI=1S/C21H22N2O5S2/c1-27-18-9-8-15(12-19(18)28-2)21-23-16(14-29-21)13-20(24)22-10-11-30(25,26)17-6-4-3-5-7-17/h3-9,12,14H,10-11,13H2,1-2H3,(H,22,24). The van der Waals surface area contributed by atoms with E-state index < -0.39 is 9.84 Å². The predicted octanol–water partition coefficient (Wildman–Crippen LogP) is 2.96. The molecule has 0 bridgehead atoms. The minimum atomic E-state index is -3.42. The number of nitrogens with zero attached hydrogens (tertiary/aromatic N) is 1. The maximum absolute atomic E-state index is 12.2. The smallest absolute Gasteiger partial charge is 0.226 e. The molecule has 0 aliphatic heterocycles. The Balaban J connectivity index is 1.56. The van der Waals surface area contributed by atoms with Gasteiger partial charge in [0.05, 0.1) is 37.0 Å². The molecule has 0 saturated heterocycles. The topological polar surface area (TPSA) is 94.6 Å². The molecule has 0 aliphatic rings. The van der Waals surface area contributed by atoms with Gasteiger partial charge in [0.1, 0.15) is 5.01 Å². The van der Waals surface area contributed by atoms with Gasteiger partial charge in [-0.2, -0.15) is 0 Å². The Morgan fingerprint density at radius 1 is 1.07 bits per heavy atom. The van der Waals surface area contributed by atoms with Gasteiger partial charge in [0.2, 0.25) is 5.91 Å². The summed E-state index contributed by atoms with van der Waals surface area (Å²) >= 11 is 1.42. The van der Waals surface area contributed by atoms with Crippen LogP contribution >= 0.6 is 11.3 Å². The van der Waals surface area contributed by atoms with Crippen LogP contribution in [0.2, 0.25) is 0 Å². The van der Waals surface area contributed by atoms with E-state index >= 15 is 0 Å². The molecule has 3 rings (SSSR count). The van der Waals surface area contributed by atoms with E-state index in [4.69, 9.17) is 9.47 Å². The van der Waals surface area contributed by atoms with E-state index in [1.165, 1.54) is 11.3 Å². The van der Waals surface area contributed by atoms with Crippen molar-refractivity contribution in [3.8, 4) is 22.1 Å². The molecule has 30 heavy (non-hydrogen) atoms. The molecule has 7 nitrogen and oxygen atoms in total. The Morgan fingerprint density at radius 3 is 2.50 bits per heavy atom. The number of hydrogen-bond acceptors (Lipinski definition) is 7. The number of nitrogens with one attached hydrogen (secondary N) is 1. The Kier molecular flexibility index (Phi) is 7.07. The molecule has 0 radical (unpaired) electrons. The van der Waals surface area contributed by atoms with Gasteiger partial charge < -0.3 is 14.8 Å². The molecule has 9 heteroatoms. The zero-order valence-electron chi connectivity index (χ0n) is 16.6. The van der Waals surface area contributed by atoms with Crippen molar-refractivity contribution in [2.45, 2.75) is 11.3 Å². The van der Waals surface area contributed by atoms with Crippen LogP contribution in [0.1, 0.15) is 5.69 Å². The van der Waals surface area contributed by atoms with Crippen LogP contribution in [-0.2, 0) is 21.1 Å². The molecule has 0 fully saturated rings. The van der Waals surface area contributed by atoms with Gasteiger partial charge in [-0.05, 0) is 30.3 Å². The van der Waals surface area contributed by atoms with Crippen LogP contribution in [0.3, 0.4) is 0 Å². The van der Waals surface area contributed by atoms with Gasteiger partial charge in [0.25, 0.3) is 0 Å². The number of carbonyl (C=O) groups is 1. The molecule has 0 spiro atoms. The zero-order chi connectivity index (χ0) is 21.6. The molecule has 0 unspecified atom stereocenters. The summed E-state index contributed by atoms with van der Waals surface area (Å²) in [5, 5.41) is 5.22. The van der Waals surface area contributed by atoms with Crippen LogP contribution in [0, 0.1) is 0 Å². The lowest BCUT2D eigenvalue weighted by atomic mass is 10.2. The lowest BCUT2D eigenvalue weighted by molar-refractivity contribution is -0.120. The molecule has 2 aromatic carbocycles. The molecule has 1 heterocycles. The van der Waals surface area contributed by atoms with Crippen LogP contribution in [-0.4, -0.2) is 45.8 Å². The summed E-state index contributed by atoms with van der Waals surface area (Å²) in [4.78, 5) is 16.9. The van der Waals surface area contributed by atoms with Crippen LogP contribution in [0.25, 0.3) is 10.6 Å². The molecular formula is C21H22N2O5S2. The lowest BCUT2D eigenvalue weighted by Crippen LogP contribution is -2.30. The quantitative estimate of drug-likeness (QED) is 0.543. The number of methoxy groups -OCH3 is 2. The fourth-order valence-electron chi connectivity index (χ4n) is 2.79. The van der Waals surface area contributed by atoms with Gasteiger partial charge in [-0.25, -0.2) is 13.4 Å². The molecule has 3 aromatic rings. The van der Waals surface area contributed by atoms with Crippen molar-refractivity contribution in [2.24, 2.45) is 0 Å². The fourth-order valence-corrected chi connectivity index (χ4v) is 4.78. The average Bonchev–Trinajstić information content (AvgIpc) is 3.22. The highest BCUT2D eigenvalue weighted by Crippen LogP contribution is 2.33. The fraction of sp³-hybridized carbons (Fsp3) is 0.238. The van der Waals surface area contributed by atoms with Gasteiger partial charge in [-0.15, -0.1) is 11.3 Å². The highest BCUT2D eigenvalue weighted by atomic mass is 32.2. The van der Waals surface area contributed by atoms with Crippen LogP contribution < -0.4 is 14.8 Å². The largest absolute Gasteiger partial charge is 0.493 e. The maximum atomic E-state index is 12.2. The number of sulfone groups is 1. The van der Waals surface area contributed by atoms with Crippen molar-refractivity contribution in [1.29, 1.82) is 0 Å². The number of carbonyl (C=O) groups excluding carboxylic acids is 1. The third-order valence-electron chi connectivity index (χ3n) is 4.32. The van der Waals surface area contributed by atoms with Crippen molar-refractivity contribution < 1.29 is 22.7 Å². The highest BCUT2D eigenvalue weighted by molar-refractivity contribution is 7.91. The van der Waals surface area contributed by atoms with Gasteiger partial charge in [0.15, 0.2) is 21.3 Å². The Morgan fingerprint density at radius 2 is 1.80 bits per heavy atom. The Bertz CT molecular complexity index is 1110. The molecule has 1 aromatic heterocycles. The second-order valence-corrected chi connectivity index (χ2v) is 9.34.